The first-order valence-electron chi connectivity index (χ1n) is 9.86. The number of nitro benzene ring substituents is 1. The van der Waals surface area contributed by atoms with E-state index in [4.69, 9.17) is 0 Å². The molecule has 2 rings (SSSR count). The number of hydrogen-bond acceptors (Lipinski definition) is 5. The fraction of sp³-hybridized carbons (Fsp3) is 0.550. The van der Waals surface area contributed by atoms with E-state index in [2.05, 4.69) is 11.4 Å². The first kappa shape index (κ1) is 22.9. The predicted molar refractivity (Wildman–Crippen MR) is 113 cm³/mol. The van der Waals surface area contributed by atoms with Crippen molar-refractivity contribution in [2.75, 3.05) is 23.7 Å². The summed E-state index contributed by atoms with van der Waals surface area (Å²) in [7, 11) is -3.64. The van der Waals surface area contributed by atoms with E-state index in [1.54, 1.807) is 6.92 Å². The van der Waals surface area contributed by atoms with Gasteiger partial charge < -0.3 is 5.32 Å². The van der Waals surface area contributed by atoms with Gasteiger partial charge in [-0.05, 0) is 51.0 Å². The molecule has 1 aliphatic rings. The molecule has 0 radical (unpaired) electrons. The second-order valence-corrected chi connectivity index (χ2v) is 9.28. The van der Waals surface area contributed by atoms with Gasteiger partial charge in [0, 0.05) is 31.6 Å². The molecule has 0 saturated carbocycles. The van der Waals surface area contributed by atoms with Crippen LogP contribution in [-0.2, 0) is 14.8 Å². The molecule has 0 saturated heterocycles. The third-order valence-corrected chi connectivity index (χ3v) is 6.17. The molecule has 0 spiro atoms. The van der Waals surface area contributed by atoms with Crippen molar-refractivity contribution in [3.63, 3.8) is 0 Å². The topological polar surface area (TPSA) is 110 Å². The fourth-order valence-corrected chi connectivity index (χ4v) is 4.43. The van der Waals surface area contributed by atoms with Crippen LogP contribution in [0.15, 0.2) is 29.8 Å². The maximum atomic E-state index is 12.2. The Kier molecular flexibility index (Phi) is 8.19. The molecule has 0 heterocycles. The van der Waals surface area contributed by atoms with Gasteiger partial charge >= 0.3 is 0 Å². The minimum absolute atomic E-state index is 0.0828. The van der Waals surface area contributed by atoms with Crippen molar-refractivity contribution in [3.05, 3.63) is 45.5 Å². The lowest BCUT2D eigenvalue weighted by molar-refractivity contribution is -0.384. The number of nitro groups is 1. The molecule has 0 atom stereocenters. The van der Waals surface area contributed by atoms with Crippen molar-refractivity contribution in [1.82, 2.24) is 5.32 Å². The predicted octanol–water partition coefficient (Wildman–Crippen LogP) is 3.46. The number of carbonyl (C=O) groups is 1. The molecule has 29 heavy (non-hydrogen) atoms. The van der Waals surface area contributed by atoms with Crippen molar-refractivity contribution in [2.24, 2.45) is 0 Å². The number of anilines is 1. The molecule has 0 unspecified atom stereocenters. The molecule has 160 valence electrons. The van der Waals surface area contributed by atoms with Crippen molar-refractivity contribution in [3.8, 4) is 0 Å². The summed E-state index contributed by atoms with van der Waals surface area (Å²) in [6, 6.07) is 4.13. The van der Waals surface area contributed by atoms with Gasteiger partial charge in [-0.25, -0.2) is 8.42 Å². The number of benzene rings is 1. The lowest BCUT2D eigenvalue weighted by Crippen LogP contribution is -2.33. The monoisotopic (exact) mass is 423 g/mol. The zero-order valence-corrected chi connectivity index (χ0v) is 17.8. The zero-order chi connectivity index (χ0) is 21.4. The van der Waals surface area contributed by atoms with Gasteiger partial charge in [-0.1, -0.05) is 17.7 Å². The second-order valence-electron chi connectivity index (χ2n) is 7.37. The quantitative estimate of drug-likeness (QED) is 0.352. The van der Waals surface area contributed by atoms with E-state index in [1.807, 2.05) is 0 Å². The summed E-state index contributed by atoms with van der Waals surface area (Å²) in [5.41, 5.74) is 2.10. The van der Waals surface area contributed by atoms with E-state index in [-0.39, 0.29) is 30.2 Å². The fourth-order valence-electron chi connectivity index (χ4n) is 3.41. The van der Waals surface area contributed by atoms with Gasteiger partial charge in [-0.3, -0.25) is 19.2 Å². The van der Waals surface area contributed by atoms with Crippen LogP contribution in [0.2, 0.25) is 0 Å². The van der Waals surface area contributed by atoms with Crippen molar-refractivity contribution < 1.29 is 18.1 Å². The molecule has 0 aromatic heterocycles. The minimum Gasteiger partial charge on any atom is -0.356 e. The van der Waals surface area contributed by atoms with Crippen molar-refractivity contribution in [2.45, 2.75) is 51.9 Å². The summed E-state index contributed by atoms with van der Waals surface area (Å²) in [6.07, 6.45) is 9.33. The van der Waals surface area contributed by atoms with Crippen molar-refractivity contribution in [1.29, 1.82) is 0 Å². The Balaban J connectivity index is 1.91. The van der Waals surface area contributed by atoms with Gasteiger partial charge in [-0.2, -0.15) is 0 Å². The average molecular weight is 424 g/mol. The highest BCUT2D eigenvalue weighted by Gasteiger charge is 2.22. The highest BCUT2D eigenvalue weighted by Crippen LogP contribution is 2.27. The smallest absolute Gasteiger partial charge is 0.271 e. The number of nitrogens with one attached hydrogen (secondary N) is 1. The van der Waals surface area contributed by atoms with E-state index in [1.165, 1.54) is 36.6 Å². The number of sulfonamides is 1. The van der Waals surface area contributed by atoms with Crippen LogP contribution >= 0.6 is 0 Å². The third-order valence-electron chi connectivity index (χ3n) is 4.99. The number of rotatable bonds is 10. The summed E-state index contributed by atoms with van der Waals surface area (Å²) in [4.78, 5) is 22.6. The molecule has 0 aliphatic heterocycles. The number of aryl methyl sites for hydroxylation is 1. The highest BCUT2D eigenvalue weighted by atomic mass is 32.2. The molecule has 0 fully saturated rings. The molecule has 1 N–H and O–H groups in total. The Bertz CT molecular complexity index is 880. The van der Waals surface area contributed by atoms with Gasteiger partial charge in [0.2, 0.25) is 15.9 Å². The zero-order valence-electron chi connectivity index (χ0n) is 17.0. The van der Waals surface area contributed by atoms with Crippen LogP contribution in [0.1, 0.15) is 50.5 Å². The van der Waals surface area contributed by atoms with E-state index < -0.39 is 14.9 Å². The van der Waals surface area contributed by atoms with Gasteiger partial charge in [0.1, 0.15) is 0 Å². The second kappa shape index (κ2) is 10.4. The molecule has 0 bridgehead atoms. The highest BCUT2D eigenvalue weighted by molar-refractivity contribution is 7.92. The first-order valence-corrected chi connectivity index (χ1v) is 11.7. The summed E-state index contributed by atoms with van der Waals surface area (Å²) >= 11 is 0. The van der Waals surface area contributed by atoms with Crippen LogP contribution in [0.4, 0.5) is 11.4 Å². The maximum absolute atomic E-state index is 12.2. The van der Waals surface area contributed by atoms with Gasteiger partial charge in [-0.15, -0.1) is 0 Å². The number of non-ortho nitro benzene ring substituents is 1. The van der Waals surface area contributed by atoms with Crippen LogP contribution in [-0.4, -0.2) is 38.6 Å². The molecule has 8 nitrogen and oxygen atoms in total. The summed E-state index contributed by atoms with van der Waals surface area (Å²) in [5, 5.41) is 13.9. The Labute approximate surface area is 172 Å². The number of allylic oxidation sites excluding steroid dienone is 1. The first-order chi connectivity index (χ1) is 13.7. The molecule has 1 aromatic carbocycles. The van der Waals surface area contributed by atoms with E-state index in [0.717, 1.165) is 29.8 Å². The Morgan fingerprint density at radius 3 is 2.69 bits per heavy atom. The van der Waals surface area contributed by atoms with Crippen LogP contribution in [0.5, 0.6) is 0 Å². The van der Waals surface area contributed by atoms with Crippen LogP contribution in [0.3, 0.4) is 0 Å². The summed E-state index contributed by atoms with van der Waals surface area (Å²) in [5.74, 6) is -0.120. The SMILES string of the molecule is Cc1ccc([N+](=O)[O-])cc1N(CCCC(=O)NCCC1=CCCCC1)S(C)(=O)=O. The van der Waals surface area contributed by atoms with E-state index in [9.17, 15) is 23.3 Å². The van der Waals surface area contributed by atoms with Gasteiger partial charge in [0.15, 0.2) is 0 Å². The van der Waals surface area contributed by atoms with E-state index >= 15 is 0 Å². The van der Waals surface area contributed by atoms with Crippen LogP contribution in [0, 0.1) is 17.0 Å². The average Bonchev–Trinajstić information content (AvgIpc) is 2.66. The van der Waals surface area contributed by atoms with Gasteiger partial charge in [0.25, 0.3) is 5.69 Å². The summed E-state index contributed by atoms with van der Waals surface area (Å²) < 4.78 is 25.6. The van der Waals surface area contributed by atoms with Crippen LogP contribution in [0.25, 0.3) is 0 Å². The molecular formula is C20H29N3O5S. The summed E-state index contributed by atoms with van der Waals surface area (Å²) in [6.45, 7) is 2.37. The number of hydrogen-bond donors (Lipinski definition) is 1. The molecule has 9 heteroatoms. The Morgan fingerprint density at radius 2 is 2.07 bits per heavy atom. The lowest BCUT2D eigenvalue weighted by Gasteiger charge is -2.24. The largest absolute Gasteiger partial charge is 0.356 e. The molecule has 1 aliphatic carbocycles. The van der Waals surface area contributed by atoms with Gasteiger partial charge in [0.05, 0.1) is 16.9 Å². The van der Waals surface area contributed by atoms with Crippen molar-refractivity contribution >= 4 is 27.3 Å². The Hall–Kier alpha value is -2.42. The molecular weight excluding hydrogens is 394 g/mol. The minimum atomic E-state index is -3.64. The van der Waals surface area contributed by atoms with E-state index in [0.29, 0.717) is 18.5 Å². The number of carbonyl (C=O) groups excluding carboxylic acids is 1. The number of amides is 1. The standard InChI is InChI=1S/C20H29N3O5S/c1-16-10-11-18(23(25)26)15-19(16)22(29(2,27)28)14-6-9-20(24)21-13-12-17-7-4-3-5-8-17/h7,10-11,15H,3-6,8-9,12-14H2,1-2H3,(H,21,24). The Morgan fingerprint density at radius 1 is 1.31 bits per heavy atom. The normalized spacial score (nSPS) is 14.2. The maximum Gasteiger partial charge on any atom is 0.271 e. The van der Waals surface area contributed by atoms with Crippen LogP contribution < -0.4 is 9.62 Å². The molecule has 1 aromatic rings. The lowest BCUT2D eigenvalue weighted by atomic mass is 9.97. The molecule has 1 amide bonds. The number of nitrogens with zero attached hydrogens (tertiary/aromatic N) is 2. The third kappa shape index (κ3) is 7.16.